The Bertz CT molecular complexity index is 1120. The van der Waals surface area contributed by atoms with E-state index in [4.69, 9.17) is 4.74 Å². The standard InChI is InChI=1S/C16H15N3O6S2/c1-25-12-4-2-11(3-5-12)19-16(20)9-26(21,22)13-6-7-14-15(8-13)27(23,24)18-10-17-14/h2-8,10H,9H2,1H3,(H,17,18)(H,19,20). The second-order valence-corrected chi connectivity index (χ2v) is 9.14. The van der Waals surface area contributed by atoms with E-state index in [9.17, 15) is 21.6 Å². The second kappa shape index (κ2) is 7.00. The van der Waals surface area contributed by atoms with E-state index in [0.717, 1.165) is 12.4 Å². The molecule has 0 radical (unpaired) electrons. The normalized spacial score (nSPS) is 14.7. The zero-order valence-electron chi connectivity index (χ0n) is 14.0. The summed E-state index contributed by atoms with van der Waals surface area (Å²) in [6.07, 6.45) is 1.01. The number of hydrogen-bond donors (Lipinski definition) is 2. The maximum atomic E-state index is 12.5. The monoisotopic (exact) mass is 409 g/mol. The molecule has 2 aromatic rings. The lowest BCUT2D eigenvalue weighted by molar-refractivity contribution is -0.113. The fourth-order valence-electron chi connectivity index (χ4n) is 2.38. The van der Waals surface area contributed by atoms with E-state index in [-0.39, 0.29) is 15.5 Å². The lowest BCUT2D eigenvalue weighted by Gasteiger charge is -2.13. The van der Waals surface area contributed by atoms with Crippen molar-refractivity contribution < 1.29 is 26.4 Å². The Morgan fingerprint density at radius 2 is 1.89 bits per heavy atom. The van der Waals surface area contributed by atoms with E-state index in [1.54, 1.807) is 24.3 Å². The Labute approximate surface area is 156 Å². The van der Waals surface area contributed by atoms with Crippen molar-refractivity contribution in [2.45, 2.75) is 9.79 Å². The highest BCUT2D eigenvalue weighted by Gasteiger charge is 2.26. The largest absolute Gasteiger partial charge is 0.497 e. The fourth-order valence-corrected chi connectivity index (χ4v) is 4.60. The summed E-state index contributed by atoms with van der Waals surface area (Å²) in [6.45, 7) is 0. The first kappa shape index (κ1) is 18.9. The zero-order valence-corrected chi connectivity index (χ0v) is 15.7. The molecule has 0 atom stereocenters. The lowest BCUT2D eigenvalue weighted by atomic mass is 10.3. The van der Waals surface area contributed by atoms with Crippen molar-refractivity contribution in [1.29, 1.82) is 0 Å². The van der Waals surface area contributed by atoms with Gasteiger partial charge in [-0.1, -0.05) is 0 Å². The van der Waals surface area contributed by atoms with Gasteiger partial charge in [0.05, 0.1) is 17.7 Å². The topological polar surface area (TPSA) is 131 Å². The lowest BCUT2D eigenvalue weighted by Crippen LogP contribution is -2.23. The van der Waals surface area contributed by atoms with Crippen LogP contribution in [-0.4, -0.2) is 41.9 Å². The van der Waals surface area contributed by atoms with Gasteiger partial charge < -0.3 is 15.4 Å². The van der Waals surface area contributed by atoms with E-state index >= 15 is 0 Å². The van der Waals surface area contributed by atoms with Crippen molar-refractivity contribution in [2.24, 2.45) is 4.40 Å². The maximum Gasteiger partial charge on any atom is 0.285 e. The highest BCUT2D eigenvalue weighted by Crippen LogP contribution is 2.28. The van der Waals surface area contributed by atoms with Gasteiger partial charge in [0.25, 0.3) is 10.0 Å². The molecule has 1 aliphatic rings. The number of rotatable bonds is 5. The number of ether oxygens (including phenoxy) is 1. The molecule has 1 heterocycles. The molecule has 2 N–H and O–H groups in total. The van der Waals surface area contributed by atoms with Gasteiger partial charge in [-0.05, 0) is 42.5 Å². The molecule has 1 aliphatic heterocycles. The molecule has 1 amide bonds. The maximum absolute atomic E-state index is 12.5. The molecule has 0 aliphatic carbocycles. The van der Waals surface area contributed by atoms with Crippen LogP contribution in [0.2, 0.25) is 0 Å². The summed E-state index contributed by atoms with van der Waals surface area (Å²) in [6, 6.07) is 9.90. The summed E-state index contributed by atoms with van der Waals surface area (Å²) in [4.78, 5) is 11.6. The zero-order chi connectivity index (χ0) is 19.7. The van der Waals surface area contributed by atoms with Crippen LogP contribution in [-0.2, 0) is 24.7 Å². The van der Waals surface area contributed by atoms with Crippen molar-refractivity contribution in [3.8, 4) is 5.75 Å². The third-order valence-corrected chi connectivity index (χ3v) is 6.59. The van der Waals surface area contributed by atoms with E-state index < -0.39 is 31.5 Å². The molecule has 11 heteroatoms. The molecule has 2 aromatic carbocycles. The molecule has 3 rings (SSSR count). The number of sulfonamides is 1. The molecule has 0 aromatic heterocycles. The Hall–Kier alpha value is -2.92. The molecule has 0 saturated carbocycles. The number of fused-ring (bicyclic) bond motifs is 1. The van der Waals surface area contributed by atoms with Crippen LogP contribution in [0.25, 0.3) is 0 Å². The third kappa shape index (κ3) is 4.09. The quantitative estimate of drug-likeness (QED) is 0.760. The van der Waals surface area contributed by atoms with Crippen LogP contribution >= 0.6 is 0 Å². The second-order valence-electron chi connectivity index (χ2n) is 5.55. The van der Waals surface area contributed by atoms with Gasteiger partial charge in [-0.2, -0.15) is 8.42 Å². The molecule has 142 valence electrons. The first-order chi connectivity index (χ1) is 12.7. The Kier molecular flexibility index (Phi) is 4.89. The summed E-state index contributed by atoms with van der Waals surface area (Å²) in [7, 11) is -6.54. The molecule has 0 unspecified atom stereocenters. The number of nitrogens with one attached hydrogen (secondary N) is 2. The Balaban J connectivity index is 1.79. The SMILES string of the molecule is COc1ccc(NC(=O)CS(=O)(=O)c2ccc3c(c2)S(=O)(=O)N=CN3)cc1. The van der Waals surface area contributed by atoms with Crippen LogP contribution in [0.5, 0.6) is 5.75 Å². The average Bonchev–Trinajstić information content (AvgIpc) is 2.61. The predicted molar refractivity (Wildman–Crippen MR) is 99.4 cm³/mol. The van der Waals surface area contributed by atoms with Crippen LogP contribution < -0.4 is 15.4 Å². The minimum absolute atomic E-state index is 0.214. The highest BCUT2D eigenvalue weighted by atomic mass is 32.2. The molecular formula is C16H15N3O6S2. The van der Waals surface area contributed by atoms with E-state index in [0.29, 0.717) is 11.4 Å². The summed E-state index contributed by atoms with van der Waals surface area (Å²) in [5.41, 5.74) is 0.620. The van der Waals surface area contributed by atoms with Gasteiger partial charge in [0, 0.05) is 5.69 Å². The van der Waals surface area contributed by atoms with Crippen molar-refractivity contribution in [3.63, 3.8) is 0 Å². The number of benzene rings is 2. The number of nitrogens with zero attached hydrogens (tertiary/aromatic N) is 1. The molecule has 9 nitrogen and oxygen atoms in total. The van der Waals surface area contributed by atoms with Gasteiger partial charge in [-0.3, -0.25) is 4.79 Å². The molecular weight excluding hydrogens is 394 g/mol. The van der Waals surface area contributed by atoms with E-state index in [1.807, 2.05) is 0 Å². The van der Waals surface area contributed by atoms with Gasteiger partial charge in [0.15, 0.2) is 9.84 Å². The number of carbonyl (C=O) groups is 1. The Morgan fingerprint density at radius 1 is 1.19 bits per heavy atom. The summed E-state index contributed by atoms with van der Waals surface area (Å²) in [5.74, 6) is -1.00. The van der Waals surface area contributed by atoms with Gasteiger partial charge >= 0.3 is 0 Å². The van der Waals surface area contributed by atoms with Gasteiger partial charge in [0.2, 0.25) is 5.91 Å². The first-order valence-corrected chi connectivity index (χ1v) is 10.7. The summed E-state index contributed by atoms with van der Waals surface area (Å²) >= 11 is 0. The number of amides is 1. The molecule has 0 saturated heterocycles. The van der Waals surface area contributed by atoms with Gasteiger partial charge in [-0.25, -0.2) is 8.42 Å². The van der Waals surface area contributed by atoms with Crippen molar-refractivity contribution in [2.75, 3.05) is 23.5 Å². The summed E-state index contributed by atoms with van der Waals surface area (Å²) in [5, 5.41) is 5.09. The minimum atomic E-state index is -4.06. The third-order valence-electron chi connectivity index (χ3n) is 3.70. The molecule has 27 heavy (non-hydrogen) atoms. The predicted octanol–water partition coefficient (Wildman–Crippen LogP) is 1.25. The van der Waals surface area contributed by atoms with Crippen LogP contribution in [0.4, 0.5) is 11.4 Å². The highest BCUT2D eigenvalue weighted by molar-refractivity contribution is 7.92. The molecule has 0 bridgehead atoms. The van der Waals surface area contributed by atoms with Crippen LogP contribution in [0.1, 0.15) is 0 Å². The van der Waals surface area contributed by atoms with Gasteiger partial charge in [-0.15, -0.1) is 4.40 Å². The van der Waals surface area contributed by atoms with Crippen molar-refractivity contribution in [1.82, 2.24) is 0 Å². The Morgan fingerprint density at radius 3 is 2.56 bits per heavy atom. The fraction of sp³-hybridized carbons (Fsp3) is 0.125. The van der Waals surface area contributed by atoms with Crippen molar-refractivity contribution >= 4 is 43.5 Å². The molecule has 0 fully saturated rings. The van der Waals surface area contributed by atoms with E-state index in [1.165, 1.54) is 19.2 Å². The average molecular weight is 409 g/mol. The van der Waals surface area contributed by atoms with Crippen LogP contribution in [0, 0.1) is 0 Å². The number of sulfone groups is 1. The number of methoxy groups -OCH3 is 1. The number of anilines is 2. The number of carbonyl (C=O) groups excluding carboxylic acids is 1. The smallest absolute Gasteiger partial charge is 0.285 e. The van der Waals surface area contributed by atoms with E-state index in [2.05, 4.69) is 15.0 Å². The van der Waals surface area contributed by atoms with Crippen molar-refractivity contribution in [3.05, 3.63) is 42.5 Å². The molecule has 0 spiro atoms. The van der Waals surface area contributed by atoms with Crippen LogP contribution in [0.15, 0.2) is 56.7 Å². The van der Waals surface area contributed by atoms with Gasteiger partial charge in [0.1, 0.15) is 22.7 Å². The first-order valence-electron chi connectivity index (χ1n) is 7.57. The summed E-state index contributed by atoms with van der Waals surface area (Å²) < 4.78 is 57.2. The van der Waals surface area contributed by atoms with Crippen LogP contribution in [0.3, 0.4) is 0 Å². The minimum Gasteiger partial charge on any atom is -0.497 e. The number of hydrogen-bond acceptors (Lipinski definition) is 7.